The smallest absolute Gasteiger partial charge is 0.319 e. The van der Waals surface area contributed by atoms with Gasteiger partial charge in [-0.3, -0.25) is 0 Å². The van der Waals surface area contributed by atoms with Crippen molar-refractivity contribution in [3.05, 3.63) is 59.7 Å². The van der Waals surface area contributed by atoms with Crippen LogP contribution in [0, 0.1) is 6.92 Å². The molecule has 0 radical (unpaired) electrons. The second-order valence-electron chi connectivity index (χ2n) is 6.20. The SMILES string of the molecule is COc1ccc(CC(C)(O)CNC(=O)Nc2ccc(C)cc2)cc1. The van der Waals surface area contributed by atoms with Gasteiger partial charge in [-0.2, -0.15) is 0 Å². The molecule has 24 heavy (non-hydrogen) atoms. The molecule has 0 bridgehead atoms. The number of urea groups is 1. The van der Waals surface area contributed by atoms with E-state index in [-0.39, 0.29) is 12.6 Å². The number of hydrogen-bond acceptors (Lipinski definition) is 3. The van der Waals surface area contributed by atoms with Crippen LogP contribution in [0.4, 0.5) is 10.5 Å². The molecule has 0 saturated heterocycles. The minimum atomic E-state index is -1.04. The molecule has 0 aromatic heterocycles. The topological polar surface area (TPSA) is 70.6 Å². The van der Waals surface area contributed by atoms with Crippen molar-refractivity contribution < 1.29 is 14.6 Å². The largest absolute Gasteiger partial charge is 0.497 e. The second-order valence-corrected chi connectivity index (χ2v) is 6.20. The number of aryl methyl sites for hydroxylation is 1. The first-order valence-corrected chi connectivity index (χ1v) is 7.85. The van der Waals surface area contributed by atoms with Gasteiger partial charge in [0.2, 0.25) is 0 Å². The van der Waals surface area contributed by atoms with Gasteiger partial charge < -0.3 is 20.5 Å². The average molecular weight is 328 g/mol. The maximum absolute atomic E-state index is 11.9. The zero-order chi connectivity index (χ0) is 17.6. The first kappa shape index (κ1) is 17.8. The molecule has 0 aliphatic rings. The Morgan fingerprint density at radius 1 is 1.12 bits per heavy atom. The zero-order valence-corrected chi connectivity index (χ0v) is 14.3. The van der Waals surface area contributed by atoms with E-state index in [1.54, 1.807) is 14.0 Å². The lowest BCUT2D eigenvalue weighted by Gasteiger charge is -2.24. The Morgan fingerprint density at radius 2 is 1.75 bits per heavy atom. The lowest BCUT2D eigenvalue weighted by Crippen LogP contribution is -2.43. The molecule has 5 heteroatoms. The number of methoxy groups -OCH3 is 1. The van der Waals surface area contributed by atoms with E-state index in [9.17, 15) is 9.90 Å². The van der Waals surface area contributed by atoms with Crippen LogP contribution in [-0.4, -0.2) is 30.4 Å². The number of aliphatic hydroxyl groups is 1. The fraction of sp³-hybridized carbons (Fsp3) is 0.316. The molecular formula is C19H24N2O3. The highest BCUT2D eigenvalue weighted by atomic mass is 16.5. The van der Waals surface area contributed by atoms with Crippen molar-refractivity contribution in [1.82, 2.24) is 5.32 Å². The standard InChI is InChI=1S/C19H24N2O3/c1-14-4-8-16(9-5-14)21-18(22)20-13-19(2,23)12-15-6-10-17(24-3)11-7-15/h4-11,23H,12-13H2,1-3H3,(H2,20,21,22). The van der Waals surface area contributed by atoms with E-state index in [4.69, 9.17) is 4.74 Å². The van der Waals surface area contributed by atoms with E-state index in [1.807, 2.05) is 55.5 Å². The van der Waals surface area contributed by atoms with Crippen molar-refractivity contribution >= 4 is 11.7 Å². The first-order chi connectivity index (χ1) is 11.4. The summed E-state index contributed by atoms with van der Waals surface area (Å²) in [5, 5.41) is 15.9. The Balaban J connectivity index is 1.84. The highest BCUT2D eigenvalue weighted by molar-refractivity contribution is 5.89. The monoisotopic (exact) mass is 328 g/mol. The lowest BCUT2D eigenvalue weighted by atomic mass is 9.96. The van der Waals surface area contributed by atoms with Crippen LogP contribution in [0.3, 0.4) is 0 Å². The highest BCUT2D eigenvalue weighted by Gasteiger charge is 2.22. The molecule has 2 aromatic rings. The van der Waals surface area contributed by atoms with Crippen LogP contribution in [0.25, 0.3) is 0 Å². The number of carbonyl (C=O) groups excluding carboxylic acids is 1. The Morgan fingerprint density at radius 3 is 2.33 bits per heavy atom. The number of carbonyl (C=O) groups is 1. The molecule has 2 amide bonds. The quantitative estimate of drug-likeness (QED) is 0.763. The molecule has 1 unspecified atom stereocenters. The predicted octanol–water partition coefficient (Wildman–Crippen LogP) is 3.12. The summed E-state index contributed by atoms with van der Waals surface area (Å²) < 4.78 is 5.11. The molecule has 128 valence electrons. The third-order valence-corrected chi connectivity index (χ3v) is 3.68. The Labute approximate surface area is 142 Å². The van der Waals surface area contributed by atoms with Crippen molar-refractivity contribution in [2.24, 2.45) is 0 Å². The fourth-order valence-electron chi connectivity index (χ4n) is 2.33. The summed E-state index contributed by atoms with van der Waals surface area (Å²) in [7, 11) is 1.61. The molecule has 0 spiro atoms. The van der Waals surface area contributed by atoms with Gasteiger partial charge >= 0.3 is 6.03 Å². The molecular weight excluding hydrogens is 304 g/mol. The Bertz CT molecular complexity index is 664. The summed E-state index contributed by atoms with van der Waals surface area (Å²) in [6.45, 7) is 3.83. The Hall–Kier alpha value is -2.53. The van der Waals surface area contributed by atoms with Crippen molar-refractivity contribution in [1.29, 1.82) is 0 Å². The summed E-state index contributed by atoms with van der Waals surface area (Å²) in [5.41, 5.74) is 1.77. The van der Waals surface area contributed by atoms with E-state index in [1.165, 1.54) is 0 Å². The third-order valence-electron chi connectivity index (χ3n) is 3.68. The minimum Gasteiger partial charge on any atom is -0.497 e. The normalized spacial score (nSPS) is 13.0. The zero-order valence-electron chi connectivity index (χ0n) is 14.3. The lowest BCUT2D eigenvalue weighted by molar-refractivity contribution is 0.0629. The predicted molar refractivity (Wildman–Crippen MR) is 95.5 cm³/mol. The van der Waals surface area contributed by atoms with E-state index in [2.05, 4.69) is 10.6 Å². The highest BCUT2D eigenvalue weighted by Crippen LogP contribution is 2.16. The second kappa shape index (κ2) is 7.84. The number of rotatable bonds is 6. The number of benzene rings is 2. The van der Waals surface area contributed by atoms with Crippen LogP contribution in [0.2, 0.25) is 0 Å². The fourth-order valence-corrected chi connectivity index (χ4v) is 2.33. The number of hydrogen-bond donors (Lipinski definition) is 3. The van der Waals surface area contributed by atoms with Gasteiger partial charge in [-0.25, -0.2) is 4.79 Å². The van der Waals surface area contributed by atoms with Crippen LogP contribution in [-0.2, 0) is 6.42 Å². The van der Waals surface area contributed by atoms with Crippen LogP contribution in [0.5, 0.6) is 5.75 Å². The molecule has 2 rings (SSSR count). The van der Waals surface area contributed by atoms with Crippen LogP contribution in [0.15, 0.2) is 48.5 Å². The van der Waals surface area contributed by atoms with Gasteiger partial charge in [0.25, 0.3) is 0 Å². The first-order valence-electron chi connectivity index (χ1n) is 7.85. The van der Waals surface area contributed by atoms with Gasteiger partial charge in [-0.1, -0.05) is 29.8 Å². The average Bonchev–Trinajstić information content (AvgIpc) is 2.56. The van der Waals surface area contributed by atoms with Crippen LogP contribution >= 0.6 is 0 Å². The summed E-state index contributed by atoms with van der Waals surface area (Å²) in [6, 6.07) is 14.7. The molecule has 0 saturated carbocycles. The number of ether oxygens (including phenoxy) is 1. The molecule has 3 N–H and O–H groups in total. The Kier molecular flexibility index (Phi) is 5.82. The van der Waals surface area contributed by atoms with Gasteiger partial charge in [0.05, 0.1) is 12.7 Å². The molecule has 0 fully saturated rings. The summed E-state index contributed by atoms with van der Waals surface area (Å²) >= 11 is 0. The van der Waals surface area contributed by atoms with Crippen molar-refractivity contribution in [2.75, 3.05) is 19.0 Å². The summed E-state index contributed by atoms with van der Waals surface area (Å²) in [5.74, 6) is 0.772. The van der Waals surface area contributed by atoms with Gasteiger partial charge in [0.1, 0.15) is 5.75 Å². The summed E-state index contributed by atoms with van der Waals surface area (Å²) in [4.78, 5) is 11.9. The molecule has 0 aliphatic heterocycles. The third kappa shape index (κ3) is 5.59. The molecule has 0 heterocycles. The van der Waals surface area contributed by atoms with Crippen molar-refractivity contribution in [3.8, 4) is 5.75 Å². The molecule has 1 atom stereocenters. The number of nitrogens with one attached hydrogen (secondary N) is 2. The minimum absolute atomic E-state index is 0.150. The maximum atomic E-state index is 11.9. The van der Waals surface area contributed by atoms with E-state index in [0.29, 0.717) is 12.1 Å². The van der Waals surface area contributed by atoms with Crippen molar-refractivity contribution in [2.45, 2.75) is 25.9 Å². The van der Waals surface area contributed by atoms with Crippen molar-refractivity contribution in [3.63, 3.8) is 0 Å². The van der Waals surface area contributed by atoms with Gasteiger partial charge in [-0.15, -0.1) is 0 Å². The molecule has 5 nitrogen and oxygen atoms in total. The van der Waals surface area contributed by atoms with Crippen LogP contribution in [0.1, 0.15) is 18.1 Å². The van der Waals surface area contributed by atoms with Gasteiger partial charge in [0.15, 0.2) is 0 Å². The van der Waals surface area contributed by atoms with Gasteiger partial charge in [-0.05, 0) is 43.7 Å². The maximum Gasteiger partial charge on any atom is 0.319 e. The number of anilines is 1. The van der Waals surface area contributed by atoms with Gasteiger partial charge in [0, 0.05) is 18.7 Å². The van der Waals surface area contributed by atoms with E-state index in [0.717, 1.165) is 16.9 Å². The van der Waals surface area contributed by atoms with E-state index < -0.39 is 5.60 Å². The number of amides is 2. The van der Waals surface area contributed by atoms with E-state index >= 15 is 0 Å². The van der Waals surface area contributed by atoms with Crippen LogP contribution < -0.4 is 15.4 Å². The molecule has 2 aromatic carbocycles. The summed E-state index contributed by atoms with van der Waals surface area (Å²) in [6.07, 6.45) is 0.432. The molecule has 0 aliphatic carbocycles.